The predicted molar refractivity (Wildman–Crippen MR) is 66.8 cm³/mol. The molecule has 0 unspecified atom stereocenters. The van der Waals surface area contributed by atoms with Crippen molar-refractivity contribution < 1.29 is 18.3 Å². The molecule has 0 aliphatic carbocycles. The van der Waals surface area contributed by atoms with E-state index in [1.165, 1.54) is 10.9 Å². The van der Waals surface area contributed by atoms with Crippen LogP contribution >= 0.6 is 0 Å². The van der Waals surface area contributed by atoms with Crippen LogP contribution in [0, 0.1) is 0 Å². The average Bonchev–Trinajstić information content (AvgIpc) is 2.61. The van der Waals surface area contributed by atoms with Gasteiger partial charge >= 0.3 is 5.97 Å². The van der Waals surface area contributed by atoms with E-state index in [0.717, 1.165) is 0 Å². The summed E-state index contributed by atoms with van der Waals surface area (Å²) in [7, 11) is -3.60. The Morgan fingerprint density at radius 2 is 2.11 bits per heavy atom. The molecule has 0 amide bonds. The van der Waals surface area contributed by atoms with Crippen LogP contribution in [0.25, 0.3) is 0 Å². The summed E-state index contributed by atoms with van der Waals surface area (Å²) in [5.74, 6) is -1.18. The first-order valence-corrected chi connectivity index (χ1v) is 6.99. The van der Waals surface area contributed by atoms with Gasteiger partial charge in [0.2, 0.25) is 0 Å². The molecule has 0 spiro atoms. The number of rotatable bonds is 6. The molecule has 0 aromatic carbocycles. The number of aromatic carboxylic acids is 1. The molecule has 0 aliphatic rings. The summed E-state index contributed by atoms with van der Waals surface area (Å²) in [6.45, 7) is 5.44. The maximum atomic E-state index is 11.6. The minimum atomic E-state index is -3.60. The van der Waals surface area contributed by atoms with E-state index in [9.17, 15) is 13.2 Å². The Bertz CT molecular complexity index is 545. The summed E-state index contributed by atoms with van der Waals surface area (Å²) in [6.07, 6.45) is 1.23. The Hall–Kier alpha value is -1.52. The Labute approximate surface area is 111 Å². The van der Waals surface area contributed by atoms with Gasteiger partial charge in [-0.3, -0.25) is 4.68 Å². The van der Waals surface area contributed by atoms with Gasteiger partial charge in [0.25, 0.3) is 10.2 Å². The quantitative estimate of drug-likeness (QED) is 0.630. The first kappa shape index (κ1) is 15.5. The lowest BCUT2D eigenvalue weighted by atomic mass is 10.1. The van der Waals surface area contributed by atoms with Gasteiger partial charge in [0.15, 0.2) is 5.69 Å². The van der Waals surface area contributed by atoms with E-state index in [-0.39, 0.29) is 18.8 Å². The van der Waals surface area contributed by atoms with Crippen molar-refractivity contribution in [2.24, 2.45) is 0 Å². The van der Waals surface area contributed by atoms with Crippen molar-refractivity contribution >= 4 is 16.2 Å². The monoisotopic (exact) mass is 291 g/mol. The molecular weight excluding hydrogens is 274 g/mol. The third kappa shape index (κ3) is 5.77. The largest absolute Gasteiger partial charge is 0.476 e. The van der Waals surface area contributed by atoms with E-state index in [1.807, 2.05) is 0 Å². The van der Waals surface area contributed by atoms with E-state index in [2.05, 4.69) is 19.8 Å². The second-order valence-electron chi connectivity index (χ2n) is 4.92. The van der Waals surface area contributed by atoms with Crippen molar-refractivity contribution in [3.05, 3.63) is 11.9 Å². The highest BCUT2D eigenvalue weighted by Gasteiger charge is 2.19. The molecule has 0 saturated carbocycles. The summed E-state index contributed by atoms with van der Waals surface area (Å²) in [5.41, 5.74) is -0.758. The van der Waals surface area contributed by atoms with Gasteiger partial charge in [-0.05, 0) is 20.8 Å². The van der Waals surface area contributed by atoms with E-state index in [4.69, 9.17) is 5.11 Å². The predicted octanol–water partition coefficient (Wildman–Crippen LogP) is -0.801. The zero-order valence-corrected chi connectivity index (χ0v) is 11.7. The van der Waals surface area contributed by atoms with Crippen LogP contribution in [0.2, 0.25) is 0 Å². The first-order valence-electron chi connectivity index (χ1n) is 5.51. The number of nitrogens with one attached hydrogen (secondary N) is 2. The van der Waals surface area contributed by atoms with Crippen LogP contribution in [0.4, 0.5) is 0 Å². The van der Waals surface area contributed by atoms with E-state index in [0.29, 0.717) is 0 Å². The number of nitrogens with zero attached hydrogens (tertiary/aromatic N) is 3. The minimum absolute atomic E-state index is 0.0772. The molecule has 1 heterocycles. The fourth-order valence-corrected chi connectivity index (χ4v) is 2.48. The topological polar surface area (TPSA) is 126 Å². The van der Waals surface area contributed by atoms with E-state index >= 15 is 0 Å². The number of hydrogen-bond donors (Lipinski definition) is 3. The van der Waals surface area contributed by atoms with Crippen molar-refractivity contribution in [1.82, 2.24) is 24.4 Å². The maximum absolute atomic E-state index is 11.6. The van der Waals surface area contributed by atoms with Gasteiger partial charge in [-0.1, -0.05) is 5.21 Å². The van der Waals surface area contributed by atoms with Crippen LogP contribution in [0.1, 0.15) is 31.3 Å². The average molecular weight is 291 g/mol. The van der Waals surface area contributed by atoms with Crippen molar-refractivity contribution in [3.8, 4) is 0 Å². The Kier molecular flexibility index (Phi) is 4.61. The van der Waals surface area contributed by atoms with Crippen LogP contribution in [0.15, 0.2) is 6.20 Å². The van der Waals surface area contributed by atoms with Gasteiger partial charge in [0.1, 0.15) is 0 Å². The molecule has 0 saturated heterocycles. The Morgan fingerprint density at radius 3 is 2.58 bits per heavy atom. The smallest absolute Gasteiger partial charge is 0.358 e. The molecule has 3 N–H and O–H groups in total. The molecule has 1 rings (SSSR count). The highest BCUT2D eigenvalue weighted by molar-refractivity contribution is 7.87. The molecule has 0 atom stereocenters. The van der Waals surface area contributed by atoms with E-state index in [1.54, 1.807) is 20.8 Å². The number of carboxylic acids is 1. The molecule has 10 heteroatoms. The molecule has 9 nitrogen and oxygen atoms in total. The number of hydrogen-bond acceptors (Lipinski definition) is 5. The lowest BCUT2D eigenvalue weighted by Crippen LogP contribution is -2.47. The summed E-state index contributed by atoms with van der Waals surface area (Å²) < 4.78 is 29.2. The van der Waals surface area contributed by atoms with Crippen molar-refractivity contribution in [1.29, 1.82) is 0 Å². The highest BCUT2D eigenvalue weighted by atomic mass is 32.2. The summed E-state index contributed by atoms with van der Waals surface area (Å²) >= 11 is 0. The second kappa shape index (κ2) is 5.63. The Balaban J connectivity index is 2.47. The Morgan fingerprint density at radius 1 is 1.47 bits per heavy atom. The van der Waals surface area contributed by atoms with Crippen LogP contribution in [-0.4, -0.2) is 46.6 Å². The standard InChI is InChI=1S/C9H17N5O4S/c1-9(2,3)12-19(17,18)10-4-5-14-6-7(8(15)16)11-13-14/h6,10,12H,4-5H2,1-3H3,(H,15,16). The normalized spacial score (nSPS) is 12.6. The number of aromatic nitrogens is 3. The maximum Gasteiger partial charge on any atom is 0.358 e. The zero-order chi connectivity index (χ0) is 14.7. The first-order chi connectivity index (χ1) is 8.59. The lowest BCUT2D eigenvalue weighted by molar-refractivity contribution is 0.0690. The van der Waals surface area contributed by atoms with Crippen LogP contribution < -0.4 is 9.44 Å². The fraction of sp³-hybridized carbons (Fsp3) is 0.667. The van der Waals surface area contributed by atoms with Crippen molar-refractivity contribution in [3.63, 3.8) is 0 Å². The highest BCUT2D eigenvalue weighted by Crippen LogP contribution is 2.00. The fourth-order valence-electron chi connectivity index (χ4n) is 1.24. The van der Waals surface area contributed by atoms with Gasteiger partial charge in [-0.15, -0.1) is 5.10 Å². The molecule has 19 heavy (non-hydrogen) atoms. The molecule has 0 aliphatic heterocycles. The van der Waals surface area contributed by atoms with Crippen LogP contribution in [0.5, 0.6) is 0 Å². The molecule has 1 aromatic rings. The van der Waals surface area contributed by atoms with Crippen molar-refractivity contribution in [2.75, 3.05) is 6.54 Å². The molecule has 108 valence electrons. The van der Waals surface area contributed by atoms with Crippen LogP contribution in [0.3, 0.4) is 0 Å². The van der Waals surface area contributed by atoms with Gasteiger partial charge in [0.05, 0.1) is 12.7 Å². The lowest BCUT2D eigenvalue weighted by Gasteiger charge is -2.20. The number of carboxylic acid groups (broad SMARTS) is 1. The van der Waals surface area contributed by atoms with Crippen LogP contribution in [-0.2, 0) is 16.8 Å². The molecule has 0 radical (unpaired) electrons. The molecule has 1 aromatic heterocycles. The molecular formula is C9H17N5O4S. The summed E-state index contributed by atoms with van der Waals surface area (Å²) in [4.78, 5) is 10.6. The minimum Gasteiger partial charge on any atom is -0.476 e. The number of carbonyl (C=O) groups is 1. The third-order valence-corrected chi connectivity index (χ3v) is 3.30. The second-order valence-corrected chi connectivity index (χ2v) is 6.42. The van der Waals surface area contributed by atoms with Gasteiger partial charge in [0, 0.05) is 12.1 Å². The SMILES string of the molecule is CC(C)(C)NS(=O)(=O)NCCn1cc(C(=O)O)nn1. The van der Waals surface area contributed by atoms with Gasteiger partial charge in [-0.25, -0.2) is 9.52 Å². The van der Waals surface area contributed by atoms with Gasteiger partial charge < -0.3 is 5.11 Å². The summed E-state index contributed by atoms with van der Waals surface area (Å²) in [6, 6.07) is 0. The summed E-state index contributed by atoms with van der Waals surface area (Å²) in [5, 5.41) is 15.6. The third-order valence-electron chi connectivity index (χ3n) is 1.83. The van der Waals surface area contributed by atoms with Gasteiger partial charge in [-0.2, -0.15) is 13.1 Å². The van der Waals surface area contributed by atoms with E-state index < -0.39 is 21.7 Å². The molecule has 0 bridgehead atoms. The molecule has 0 fully saturated rings. The zero-order valence-electron chi connectivity index (χ0n) is 10.9. The van der Waals surface area contributed by atoms with Crippen molar-refractivity contribution in [2.45, 2.75) is 32.9 Å².